The minimum absolute atomic E-state index is 0.125. The number of nitrogens with one attached hydrogen (secondary N) is 2. The first-order valence-electron chi connectivity index (χ1n) is 14.0. The fraction of sp³-hybridized carbons (Fsp3) is 0.484. The van der Waals surface area contributed by atoms with Gasteiger partial charge in [-0.1, -0.05) is 60.7 Å². The first-order chi connectivity index (χ1) is 19.4. The molecule has 0 radical (unpaired) electrons. The number of rotatable bonds is 13. The number of carbonyl (C=O) groups is 4. The molecule has 1 heterocycles. The molecule has 2 aromatic rings. The molecule has 41 heavy (non-hydrogen) atoms. The summed E-state index contributed by atoms with van der Waals surface area (Å²) in [5, 5.41) is 15.0. The second-order valence-corrected chi connectivity index (χ2v) is 11.5. The molecule has 10 heteroatoms. The molecule has 222 valence electrons. The second kappa shape index (κ2) is 14.7. The Morgan fingerprint density at radius 3 is 2.12 bits per heavy atom. The first-order valence-corrected chi connectivity index (χ1v) is 14.0. The molecule has 0 aromatic heterocycles. The van der Waals surface area contributed by atoms with Gasteiger partial charge in [0.05, 0.1) is 24.7 Å². The van der Waals surface area contributed by atoms with Crippen molar-refractivity contribution in [3.63, 3.8) is 0 Å². The Morgan fingerprint density at radius 1 is 0.976 bits per heavy atom. The number of carbonyl (C=O) groups excluding carboxylic acids is 3. The summed E-state index contributed by atoms with van der Waals surface area (Å²) in [6.45, 7) is 5.76. The highest BCUT2D eigenvalue weighted by Gasteiger charge is 2.38. The minimum atomic E-state index is -1.09. The van der Waals surface area contributed by atoms with E-state index in [1.165, 1.54) is 4.90 Å². The van der Waals surface area contributed by atoms with Gasteiger partial charge in [-0.2, -0.15) is 0 Å². The van der Waals surface area contributed by atoms with Crippen molar-refractivity contribution in [3.05, 3.63) is 71.8 Å². The lowest BCUT2D eigenvalue weighted by Crippen LogP contribution is -2.58. The van der Waals surface area contributed by atoms with Crippen LogP contribution < -0.4 is 16.4 Å². The third-order valence-electron chi connectivity index (χ3n) is 6.86. The van der Waals surface area contributed by atoms with E-state index in [2.05, 4.69) is 10.6 Å². The number of likely N-dealkylation sites (tertiary alicyclic amines) is 1. The standard InChI is InChI=1S/C31H42N4O6/c1-31(2,3)41-20-25(28(38)33-23(19-27(36)37)17-21-11-6-4-7-12-21)34-29(39)26-15-10-16-35(26)30(40)24(32)18-22-13-8-5-9-14-22/h4-9,11-14,23-26H,10,15-20,32H2,1-3H3,(H,33,38)(H,34,39)(H,36,37)/t23-,24-,25-,26-/m0/s1. The number of carboxylic acids is 1. The predicted molar refractivity (Wildman–Crippen MR) is 155 cm³/mol. The molecule has 5 N–H and O–H groups in total. The van der Waals surface area contributed by atoms with E-state index in [0.717, 1.165) is 11.1 Å². The Kier molecular flexibility index (Phi) is 11.4. The molecule has 2 aromatic carbocycles. The molecule has 1 saturated heterocycles. The van der Waals surface area contributed by atoms with Gasteiger partial charge < -0.3 is 31.1 Å². The molecule has 0 spiro atoms. The number of carboxylic acid groups (broad SMARTS) is 1. The number of benzene rings is 2. The van der Waals surface area contributed by atoms with Crippen LogP contribution in [0.5, 0.6) is 0 Å². The summed E-state index contributed by atoms with van der Waals surface area (Å²) in [7, 11) is 0. The smallest absolute Gasteiger partial charge is 0.305 e. The monoisotopic (exact) mass is 566 g/mol. The van der Waals surface area contributed by atoms with E-state index in [4.69, 9.17) is 10.5 Å². The maximum Gasteiger partial charge on any atom is 0.305 e. The van der Waals surface area contributed by atoms with Gasteiger partial charge in [-0.25, -0.2) is 0 Å². The number of ether oxygens (including phenoxy) is 1. The van der Waals surface area contributed by atoms with Crippen LogP contribution in [0.25, 0.3) is 0 Å². The number of nitrogens with two attached hydrogens (primary N) is 1. The van der Waals surface area contributed by atoms with Gasteiger partial charge in [-0.3, -0.25) is 19.2 Å². The Hall–Kier alpha value is -3.76. The van der Waals surface area contributed by atoms with Gasteiger partial charge in [0.15, 0.2) is 0 Å². The van der Waals surface area contributed by atoms with Crippen molar-refractivity contribution >= 4 is 23.7 Å². The van der Waals surface area contributed by atoms with Gasteiger partial charge in [-0.15, -0.1) is 0 Å². The molecule has 10 nitrogen and oxygen atoms in total. The third-order valence-corrected chi connectivity index (χ3v) is 6.86. The van der Waals surface area contributed by atoms with Gasteiger partial charge in [-0.05, 0) is 57.6 Å². The summed E-state index contributed by atoms with van der Waals surface area (Å²) in [4.78, 5) is 53.1. The summed E-state index contributed by atoms with van der Waals surface area (Å²) in [6.07, 6.45) is 1.45. The minimum Gasteiger partial charge on any atom is -0.481 e. The van der Waals surface area contributed by atoms with E-state index in [0.29, 0.717) is 32.2 Å². The van der Waals surface area contributed by atoms with E-state index in [9.17, 15) is 24.3 Å². The lowest BCUT2D eigenvalue weighted by Gasteiger charge is -2.30. The summed E-state index contributed by atoms with van der Waals surface area (Å²) in [5.74, 6) is -2.40. The van der Waals surface area contributed by atoms with Crippen molar-refractivity contribution in [2.75, 3.05) is 13.2 Å². The fourth-order valence-electron chi connectivity index (χ4n) is 4.84. The van der Waals surface area contributed by atoms with E-state index in [1.807, 2.05) is 81.4 Å². The number of nitrogens with zero attached hydrogens (tertiary/aromatic N) is 1. The van der Waals surface area contributed by atoms with E-state index in [1.54, 1.807) is 0 Å². The summed E-state index contributed by atoms with van der Waals surface area (Å²) >= 11 is 0. The SMILES string of the molecule is CC(C)(C)OC[C@H](NC(=O)[C@@H]1CCCN1C(=O)[C@@H](N)Cc1ccccc1)C(=O)N[C@H](CC(=O)O)Cc1ccccc1. The van der Waals surface area contributed by atoms with Crippen LogP contribution in [0.1, 0.15) is 51.2 Å². The van der Waals surface area contributed by atoms with Gasteiger partial charge >= 0.3 is 5.97 Å². The quantitative estimate of drug-likeness (QED) is 0.290. The lowest BCUT2D eigenvalue weighted by atomic mass is 10.0. The zero-order chi connectivity index (χ0) is 30.0. The van der Waals surface area contributed by atoms with Crippen LogP contribution >= 0.6 is 0 Å². The third kappa shape index (κ3) is 10.3. The van der Waals surface area contributed by atoms with Crippen LogP contribution in [-0.4, -0.2) is 76.6 Å². The maximum atomic E-state index is 13.5. The average molecular weight is 567 g/mol. The van der Waals surface area contributed by atoms with Crippen molar-refractivity contribution in [1.82, 2.24) is 15.5 Å². The molecular formula is C31H42N4O6. The Balaban J connectivity index is 1.71. The molecular weight excluding hydrogens is 524 g/mol. The van der Waals surface area contributed by atoms with Gasteiger partial charge in [0, 0.05) is 12.6 Å². The van der Waals surface area contributed by atoms with Crippen molar-refractivity contribution in [2.24, 2.45) is 5.73 Å². The molecule has 4 atom stereocenters. The molecule has 0 bridgehead atoms. The zero-order valence-electron chi connectivity index (χ0n) is 24.0. The predicted octanol–water partition coefficient (Wildman–Crippen LogP) is 2.05. The Labute approximate surface area is 241 Å². The highest BCUT2D eigenvalue weighted by molar-refractivity contribution is 5.93. The van der Waals surface area contributed by atoms with Gasteiger partial charge in [0.1, 0.15) is 12.1 Å². The zero-order valence-corrected chi connectivity index (χ0v) is 24.0. The number of hydrogen-bond acceptors (Lipinski definition) is 6. The second-order valence-electron chi connectivity index (χ2n) is 11.5. The van der Waals surface area contributed by atoms with Crippen molar-refractivity contribution in [2.45, 2.75) is 82.6 Å². The molecule has 0 unspecified atom stereocenters. The van der Waals surface area contributed by atoms with E-state index in [-0.39, 0.29) is 18.9 Å². The number of hydrogen-bond donors (Lipinski definition) is 4. The average Bonchev–Trinajstić information content (AvgIpc) is 3.41. The Morgan fingerprint density at radius 2 is 1.56 bits per heavy atom. The number of aliphatic carboxylic acids is 1. The largest absolute Gasteiger partial charge is 0.481 e. The van der Waals surface area contributed by atoms with Crippen molar-refractivity contribution in [1.29, 1.82) is 0 Å². The van der Waals surface area contributed by atoms with Crippen LogP contribution in [0.2, 0.25) is 0 Å². The maximum absolute atomic E-state index is 13.5. The lowest BCUT2D eigenvalue weighted by molar-refractivity contribution is -0.141. The van der Waals surface area contributed by atoms with Gasteiger partial charge in [0.25, 0.3) is 0 Å². The first kappa shape index (κ1) is 31.8. The van der Waals surface area contributed by atoms with E-state index >= 15 is 0 Å². The molecule has 1 fully saturated rings. The van der Waals surface area contributed by atoms with Gasteiger partial charge in [0.2, 0.25) is 17.7 Å². The molecule has 3 amide bonds. The normalized spacial score (nSPS) is 17.4. The van der Waals surface area contributed by atoms with E-state index < -0.39 is 47.6 Å². The Bertz CT molecular complexity index is 1170. The van der Waals surface area contributed by atoms with Crippen LogP contribution in [0.4, 0.5) is 0 Å². The highest BCUT2D eigenvalue weighted by atomic mass is 16.5. The van der Waals surface area contributed by atoms with Crippen molar-refractivity contribution < 1.29 is 29.0 Å². The summed E-state index contributed by atoms with van der Waals surface area (Å²) < 4.78 is 5.84. The molecule has 3 rings (SSSR count). The topological polar surface area (TPSA) is 151 Å². The molecule has 0 aliphatic carbocycles. The molecule has 0 saturated carbocycles. The van der Waals surface area contributed by atoms with Crippen LogP contribution in [0, 0.1) is 0 Å². The highest BCUT2D eigenvalue weighted by Crippen LogP contribution is 2.20. The summed E-state index contributed by atoms with van der Waals surface area (Å²) in [6, 6.07) is 15.3. The molecule has 1 aliphatic heterocycles. The van der Waals surface area contributed by atoms with Crippen LogP contribution in [0.3, 0.4) is 0 Å². The van der Waals surface area contributed by atoms with Crippen molar-refractivity contribution in [3.8, 4) is 0 Å². The molecule has 1 aliphatic rings. The van der Waals surface area contributed by atoms with Crippen LogP contribution in [-0.2, 0) is 36.8 Å². The van der Waals surface area contributed by atoms with Crippen LogP contribution in [0.15, 0.2) is 60.7 Å². The summed E-state index contributed by atoms with van der Waals surface area (Å²) in [5.41, 5.74) is 7.45. The fourth-order valence-corrected chi connectivity index (χ4v) is 4.84. The number of amides is 3.